The van der Waals surface area contributed by atoms with Gasteiger partial charge < -0.3 is 14.6 Å². The highest BCUT2D eigenvalue weighted by molar-refractivity contribution is 5.92. The zero-order valence-corrected chi connectivity index (χ0v) is 21.5. The fourth-order valence-electron chi connectivity index (χ4n) is 4.23. The summed E-state index contributed by atoms with van der Waals surface area (Å²) < 4.78 is 45.8. The van der Waals surface area contributed by atoms with Crippen LogP contribution in [0.25, 0.3) is 22.2 Å². The molecule has 194 valence electrons. The second-order valence-electron chi connectivity index (χ2n) is 10.6. The molecule has 0 aliphatic carbocycles. The average Bonchev–Trinajstić information content (AvgIpc) is 3.15. The van der Waals surface area contributed by atoms with E-state index in [-0.39, 0.29) is 17.2 Å². The van der Waals surface area contributed by atoms with Crippen LogP contribution < -0.4 is 10.1 Å². The monoisotopic (exact) mass is 509 g/mol. The number of amides is 1. The van der Waals surface area contributed by atoms with Gasteiger partial charge in [-0.05, 0) is 82.6 Å². The van der Waals surface area contributed by atoms with Gasteiger partial charge in [-0.3, -0.25) is 9.78 Å². The first-order chi connectivity index (χ1) is 17.2. The maximum Gasteiger partial charge on any atom is 0.573 e. The molecule has 2 aromatic carbocycles. The van der Waals surface area contributed by atoms with Crippen molar-refractivity contribution in [3.63, 3.8) is 0 Å². The molecule has 5 nitrogen and oxygen atoms in total. The lowest BCUT2D eigenvalue weighted by Crippen LogP contribution is -2.48. The number of hydrogen-bond acceptors (Lipinski definition) is 3. The molecule has 4 aromatic rings. The highest BCUT2D eigenvalue weighted by Gasteiger charge is 2.34. The van der Waals surface area contributed by atoms with Gasteiger partial charge in [0.2, 0.25) is 5.91 Å². The summed E-state index contributed by atoms with van der Waals surface area (Å²) in [6.45, 7) is 9.83. The van der Waals surface area contributed by atoms with Crippen molar-refractivity contribution in [2.24, 2.45) is 0 Å². The molecule has 37 heavy (non-hydrogen) atoms. The van der Waals surface area contributed by atoms with Crippen LogP contribution in [-0.2, 0) is 16.8 Å². The fraction of sp³-hybridized carbons (Fsp3) is 0.310. The van der Waals surface area contributed by atoms with Crippen LogP contribution in [0.5, 0.6) is 5.75 Å². The number of carbonyl (C=O) groups is 1. The zero-order valence-electron chi connectivity index (χ0n) is 21.5. The Bertz CT molecular complexity index is 1420. The van der Waals surface area contributed by atoms with Gasteiger partial charge in [0.1, 0.15) is 5.75 Å². The van der Waals surface area contributed by atoms with Crippen molar-refractivity contribution in [3.05, 3.63) is 84.2 Å². The van der Waals surface area contributed by atoms with Crippen molar-refractivity contribution >= 4 is 16.8 Å². The van der Waals surface area contributed by atoms with Gasteiger partial charge in [-0.25, -0.2) is 0 Å². The standard InChI is InChI=1S/C29H30F3N3O2/c1-27(2,3)34-26(36)28(4,5)20-13-14-23-19(16-20)17-24(35(23)18-21-10-8-9-15-33-21)22-11-6-7-12-25(22)37-29(30,31)32/h6-17H,18H2,1-5H3,(H,34,36). The highest BCUT2D eigenvalue weighted by atomic mass is 19.4. The average molecular weight is 510 g/mol. The molecule has 1 amide bonds. The third-order valence-corrected chi connectivity index (χ3v) is 6.11. The summed E-state index contributed by atoms with van der Waals surface area (Å²) in [6.07, 6.45) is -3.15. The number of fused-ring (bicyclic) bond motifs is 1. The molecule has 0 spiro atoms. The predicted molar refractivity (Wildman–Crippen MR) is 138 cm³/mol. The topological polar surface area (TPSA) is 56.1 Å². The quantitative estimate of drug-likeness (QED) is 0.310. The van der Waals surface area contributed by atoms with Gasteiger partial charge in [0.15, 0.2) is 0 Å². The largest absolute Gasteiger partial charge is 0.573 e. The predicted octanol–water partition coefficient (Wildman–Crippen LogP) is 6.84. The number of alkyl halides is 3. The number of nitrogens with zero attached hydrogens (tertiary/aromatic N) is 2. The maximum absolute atomic E-state index is 13.2. The molecule has 4 rings (SSSR count). The molecular formula is C29H30F3N3O2. The minimum absolute atomic E-state index is 0.114. The molecule has 2 aromatic heterocycles. The fourth-order valence-corrected chi connectivity index (χ4v) is 4.23. The summed E-state index contributed by atoms with van der Waals surface area (Å²) in [4.78, 5) is 17.5. The van der Waals surface area contributed by atoms with Crippen molar-refractivity contribution in [2.75, 3.05) is 0 Å². The van der Waals surface area contributed by atoms with Gasteiger partial charge in [0, 0.05) is 28.2 Å². The molecule has 0 aliphatic heterocycles. The number of halogens is 3. The molecule has 2 heterocycles. The number of nitrogens with one attached hydrogen (secondary N) is 1. The maximum atomic E-state index is 13.2. The normalized spacial score (nSPS) is 12.5. The Morgan fingerprint density at radius 3 is 2.30 bits per heavy atom. The highest BCUT2D eigenvalue weighted by Crippen LogP contribution is 2.38. The Hall–Kier alpha value is -3.81. The van der Waals surface area contributed by atoms with Crippen LogP contribution in [0.1, 0.15) is 45.9 Å². The minimum Gasteiger partial charge on any atom is -0.405 e. The van der Waals surface area contributed by atoms with Gasteiger partial charge in [-0.2, -0.15) is 0 Å². The summed E-state index contributed by atoms with van der Waals surface area (Å²) in [6, 6.07) is 19.2. The van der Waals surface area contributed by atoms with Gasteiger partial charge in [0.25, 0.3) is 0 Å². The Labute approximate surface area is 214 Å². The number of para-hydroxylation sites is 1. The molecule has 0 unspecified atom stereocenters. The van der Waals surface area contributed by atoms with Gasteiger partial charge in [-0.15, -0.1) is 13.2 Å². The lowest BCUT2D eigenvalue weighted by Gasteiger charge is -2.30. The van der Waals surface area contributed by atoms with Crippen molar-refractivity contribution in [1.29, 1.82) is 0 Å². The van der Waals surface area contributed by atoms with E-state index >= 15 is 0 Å². The lowest BCUT2D eigenvalue weighted by molar-refractivity contribution is -0.274. The van der Waals surface area contributed by atoms with E-state index < -0.39 is 11.8 Å². The zero-order chi connectivity index (χ0) is 27.0. The number of carbonyl (C=O) groups excluding carboxylic acids is 1. The van der Waals surface area contributed by atoms with Crippen molar-refractivity contribution in [3.8, 4) is 17.0 Å². The molecule has 0 atom stereocenters. The molecule has 0 radical (unpaired) electrons. The van der Waals surface area contributed by atoms with E-state index in [1.54, 1.807) is 18.3 Å². The number of pyridine rings is 1. The van der Waals surface area contributed by atoms with E-state index in [1.165, 1.54) is 12.1 Å². The van der Waals surface area contributed by atoms with E-state index in [2.05, 4.69) is 15.0 Å². The molecular weight excluding hydrogens is 479 g/mol. The van der Waals surface area contributed by atoms with Crippen molar-refractivity contribution < 1.29 is 22.7 Å². The van der Waals surface area contributed by atoms with Crippen LogP contribution in [0.3, 0.4) is 0 Å². The van der Waals surface area contributed by atoms with E-state index in [0.29, 0.717) is 17.8 Å². The van der Waals surface area contributed by atoms with E-state index in [1.807, 2.05) is 81.7 Å². The van der Waals surface area contributed by atoms with Crippen LogP contribution >= 0.6 is 0 Å². The summed E-state index contributed by atoms with van der Waals surface area (Å²) in [5.74, 6) is -0.401. The second kappa shape index (κ2) is 9.57. The number of benzene rings is 2. The SMILES string of the molecule is CC(C)(C)NC(=O)C(C)(C)c1ccc2c(c1)cc(-c1ccccc1OC(F)(F)F)n2Cc1ccccn1. The summed E-state index contributed by atoms with van der Waals surface area (Å²) >= 11 is 0. The third kappa shape index (κ3) is 5.96. The van der Waals surface area contributed by atoms with E-state index in [4.69, 9.17) is 0 Å². The van der Waals surface area contributed by atoms with E-state index in [9.17, 15) is 18.0 Å². The van der Waals surface area contributed by atoms with Crippen molar-refractivity contribution in [1.82, 2.24) is 14.9 Å². The first kappa shape index (κ1) is 26.3. The Kier molecular flexibility index (Phi) is 6.79. The Morgan fingerprint density at radius 1 is 0.946 bits per heavy atom. The number of rotatable bonds is 6. The van der Waals surface area contributed by atoms with E-state index in [0.717, 1.165) is 22.2 Å². The van der Waals surface area contributed by atoms with Crippen LogP contribution in [0, 0.1) is 0 Å². The molecule has 0 saturated carbocycles. The third-order valence-electron chi connectivity index (χ3n) is 6.11. The Morgan fingerprint density at radius 2 is 1.65 bits per heavy atom. The molecule has 0 bridgehead atoms. The molecule has 0 aliphatic rings. The smallest absolute Gasteiger partial charge is 0.405 e. The van der Waals surface area contributed by atoms with Gasteiger partial charge in [-0.1, -0.05) is 24.3 Å². The minimum atomic E-state index is -4.83. The van der Waals surface area contributed by atoms with Gasteiger partial charge >= 0.3 is 6.36 Å². The number of aromatic nitrogens is 2. The van der Waals surface area contributed by atoms with Gasteiger partial charge in [0.05, 0.1) is 23.3 Å². The summed E-state index contributed by atoms with van der Waals surface area (Å²) in [5, 5.41) is 3.83. The Balaban J connectivity index is 1.87. The van der Waals surface area contributed by atoms with Crippen LogP contribution in [0.2, 0.25) is 0 Å². The first-order valence-electron chi connectivity index (χ1n) is 12.0. The molecule has 8 heteroatoms. The number of hydrogen-bond donors (Lipinski definition) is 1. The van der Waals surface area contributed by atoms with Crippen LogP contribution in [0.15, 0.2) is 72.9 Å². The first-order valence-corrected chi connectivity index (χ1v) is 12.0. The van der Waals surface area contributed by atoms with Crippen LogP contribution in [0.4, 0.5) is 13.2 Å². The molecule has 1 N–H and O–H groups in total. The number of ether oxygens (including phenoxy) is 1. The van der Waals surface area contributed by atoms with Crippen molar-refractivity contribution in [2.45, 2.75) is 58.5 Å². The summed E-state index contributed by atoms with van der Waals surface area (Å²) in [7, 11) is 0. The molecule has 0 saturated heterocycles. The lowest BCUT2D eigenvalue weighted by atomic mass is 9.82. The molecule has 0 fully saturated rings. The summed E-state index contributed by atoms with van der Waals surface area (Å²) in [5.41, 5.74) is 1.99. The second-order valence-corrected chi connectivity index (χ2v) is 10.6. The van der Waals surface area contributed by atoms with Crippen LogP contribution in [-0.4, -0.2) is 27.4 Å².